The summed E-state index contributed by atoms with van der Waals surface area (Å²) < 4.78 is 0. The first kappa shape index (κ1) is 17.7. The zero-order chi connectivity index (χ0) is 15.7. The monoisotopic (exact) mass is 291 g/mol. The summed E-state index contributed by atoms with van der Waals surface area (Å²) in [6.45, 7) is 8.76. The first-order valence-corrected chi connectivity index (χ1v) is 7.77. The molecule has 0 aliphatic carbocycles. The zero-order valence-electron chi connectivity index (χ0n) is 13.8. The van der Waals surface area contributed by atoms with Gasteiger partial charge in [0.2, 0.25) is 5.91 Å². The van der Waals surface area contributed by atoms with Gasteiger partial charge in [-0.3, -0.25) is 4.79 Å². The minimum absolute atomic E-state index is 0.0172. The van der Waals surface area contributed by atoms with E-state index in [2.05, 4.69) is 36.4 Å². The first-order chi connectivity index (χ1) is 10.0. The molecule has 0 aliphatic rings. The third-order valence-electron chi connectivity index (χ3n) is 3.70. The molecule has 118 valence electrons. The highest BCUT2D eigenvalue weighted by Gasteiger charge is 2.04. The molecular formula is C17H29N3O. The Morgan fingerprint density at radius 3 is 2.62 bits per heavy atom. The quantitative estimate of drug-likeness (QED) is 0.688. The summed E-state index contributed by atoms with van der Waals surface area (Å²) in [6, 6.07) is 8.42. The van der Waals surface area contributed by atoms with Gasteiger partial charge in [-0.05, 0) is 65.4 Å². The largest absolute Gasteiger partial charge is 0.325 e. The number of amides is 1. The molecule has 0 spiro atoms. The highest BCUT2D eigenvalue weighted by molar-refractivity contribution is 5.92. The normalized spacial score (nSPS) is 11.1. The average Bonchev–Trinajstić information content (AvgIpc) is 2.44. The van der Waals surface area contributed by atoms with Crippen molar-refractivity contribution in [3.05, 3.63) is 29.8 Å². The third kappa shape index (κ3) is 7.25. The van der Waals surface area contributed by atoms with Crippen molar-refractivity contribution < 1.29 is 4.79 Å². The average molecular weight is 291 g/mol. The van der Waals surface area contributed by atoms with Crippen molar-refractivity contribution in [1.29, 1.82) is 0 Å². The van der Waals surface area contributed by atoms with E-state index in [1.807, 2.05) is 31.2 Å². The van der Waals surface area contributed by atoms with Crippen LogP contribution < -0.4 is 10.6 Å². The summed E-state index contributed by atoms with van der Waals surface area (Å²) in [5.41, 5.74) is 1.98. The molecule has 4 heteroatoms. The van der Waals surface area contributed by atoms with Gasteiger partial charge in [0.1, 0.15) is 0 Å². The van der Waals surface area contributed by atoms with E-state index in [0.29, 0.717) is 12.6 Å². The number of rotatable bonds is 9. The maximum Gasteiger partial charge on any atom is 0.238 e. The van der Waals surface area contributed by atoms with Crippen LogP contribution in [0.2, 0.25) is 0 Å². The number of hydrogen-bond acceptors (Lipinski definition) is 3. The molecule has 4 nitrogen and oxygen atoms in total. The number of carbonyl (C=O) groups excluding carboxylic acids is 1. The Balaban J connectivity index is 2.10. The number of benzene rings is 1. The molecule has 1 rings (SSSR count). The van der Waals surface area contributed by atoms with Crippen molar-refractivity contribution >= 4 is 11.6 Å². The van der Waals surface area contributed by atoms with Gasteiger partial charge in [-0.25, -0.2) is 0 Å². The highest BCUT2D eigenvalue weighted by atomic mass is 16.1. The van der Waals surface area contributed by atoms with Crippen molar-refractivity contribution in [2.24, 2.45) is 0 Å². The second-order valence-corrected chi connectivity index (χ2v) is 5.82. The van der Waals surface area contributed by atoms with Crippen LogP contribution in [0.25, 0.3) is 0 Å². The van der Waals surface area contributed by atoms with Gasteiger partial charge in [0.15, 0.2) is 0 Å². The van der Waals surface area contributed by atoms with Gasteiger partial charge >= 0.3 is 0 Å². The molecule has 0 atom stereocenters. The lowest BCUT2D eigenvalue weighted by Gasteiger charge is -2.20. The molecule has 0 aliphatic heterocycles. The Morgan fingerprint density at radius 1 is 1.24 bits per heavy atom. The van der Waals surface area contributed by atoms with Gasteiger partial charge in [-0.15, -0.1) is 0 Å². The number of aryl methyl sites for hydroxylation is 1. The van der Waals surface area contributed by atoms with Crippen LogP contribution >= 0.6 is 0 Å². The fourth-order valence-electron chi connectivity index (χ4n) is 1.98. The molecule has 0 unspecified atom stereocenters. The van der Waals surface area contributed by atoms with E-state index in [-0.39, 0.29) is 5.91 Å². The van der Waals surface area contributed by atoms with Crippen LogP contribution in [0.5, 0.6) is 0 Å². The van der Waals surface area contributed by atoms with Gasteiger partial charge in [-0.2, -0.15) is 0 Å². The summed E-state index contributed by atoms with van der Waals surface area (Å²) in [6.07, 6.45) is 2.25. The van der Waals surface area contributed by atoms with E-state index in [1.165, 1.54) is 0 Å². The number of hydrogen-bond donors (Lipinski definition) is 2. The van der Waals surface area contributed by atoms with Gasteiger partial charge in [-0.1, -0.05) is 18.2 Å². The summed E-state index contributed by atoms with van der Waals surface area (Å²) >= 11 is 0. The lowest BCUT2D eigenvalue weighted by Crippen LogP contribution is -2.30. The maximum atomic E-state index is 11.8. The Labute approximate surface area is 128 Å². The summed E-state index contributed by atoms with van der Waals surface area (Å²) in [5.74, 6) is 0.0172. The molecule has 0 aromatic heterocycles. The van der Waals surface area contributed by atoms with Crippen LogP contribution in [-0.4, -0.2) is 43.5 Å². The lowest BCUT2D eigenvalue weighted by atomic mass is 10.2. The van der Waals surface area contributed by atoms with Gasteiger partial charge in [0.25, 0.3) is 0 Å². The molecule has 0 bridgehead atoms. The van der Waals surface area contributed by atoms with Crippen LogP contribution in [0.4, 0.5) is 5.69 Å². The van der Waals surface area contributed by atoms with Crippen LogP contribution in [0.3, 0.4) is 0 Å². The number of nitrogens with one attached hydrogen (secondary N) is 2. The van der Waals surface area contributed by atoms with E-state index in [1.54, 1.807) is 0 Å². The van der Waals surface area contributed by atoms with E-state index in [9.17, 15) is 4.79 Å². The molecule has 1 amide bonds. The molecular weight excluding hydrogens is 262 g/mol. The third-order valence-corrected chi connectivity index (χ3v) is 3.70. The molecule has 0 heterocycles. The lowest BCUT2D eigenvalue weighted by molar-refractivity contribution is -0.115. The van der Waals surface area contributed by atoms with Crippen LogP contribution in [-0.2, 0) is 4.79 Å². The van der Waals surface area contributed by atoms with Gasteiger partial charge in [0, 0.05) is 11.7 Å². The minimum Gasteiger partial charge on any atom is -0.325 e. The molecule has 21 heavy (non-hydrogen) atoms. The molecule has 1 aromatic carbocycles. The predicted octanol–water partition coefficient (Wildman–Crippen LogP) is 2.64. The van der Waals surface area contributed by atoms with Crippen LogP contribution in [0.1, 0.15) is 32.3 Å². The molecule has 2 N–H and O–H groups in total. The smallest absolute Gasteiger partial charge is 0.238 e. The molecule has 1 aromatic rings. The number of para-hydroxylation sites is 1. The van der Waals surface area contributed by atoms with Gasteiger partial charge < -0.3 is 15.5 Å². The van der Waals surface area contributed by atoms with Crippen molar-refractivity contribution in [2.45, 2.75) is 39.7 Å². The second-order valence-electron chi connectivity index (χ2n) is 5.82. The molecule has 0 saturated heterocycles. The molecule has 0 fully saturated rings. The minimum atomic E-state index is 0.0172. The van der Waals surface area contributed by atoms with Gasteiger partial charge in [0.05, 0.1) is 6.54 Å². The van der Waals surface area contributed by atoms with Crippen LogP contribution in [0, 0.1) is 6.92 Å². The molecule has 0 radical (unpaired) electrons. The maximum absolute atomic E-state index is 11.8. The van der Waals surface area contributed by atoms with E-state index in [4.69, 9.17) is 0 Å². The van der Waals surface area contributed by atoms with Crippen molar-refractivity contribution in [3.8, 4) is 0 Å². The topological polar surface area (TPSA) is 44.4 Å². The van der Waals surface area contributed by atoms with Crippen molar-refractivity contribution in [1.82, 2.24) is 10.2 Å². The number of nitrogens with zero attached hydrogens (tertiary/aromatic N) is 1. The fraction of sp³-hybridized carbons (Fsp3) is 0.588. The highest BCUT2D eigenvalue weighted by Crippen LogP contribution is 2.12. The van der Waals surface area contributed by atoms with Crippen molar-refractivity contribution in [2.75, 3.05) is 32.0 Å². The summed E-state index contributed by atoms with van der Waals surface area (Å²) in [7, 11) is 2.15. The standard InChI is InChI=1S/C17H29N3O/c1-14(2)20(4)12-8-7-11-18-13-17(21)19-16-10-6-5-9-15(16)3/h5-6,9-10,14,18H,7-8,11-13H2,1-4H3,(H,19,21). The Kier molecular flexibility index (Phi) is 8.01. The van der Waals surface area contributed by atoms with E-state index >= 15 is 0 Å². The first-order valence-electron chi connectivity index (χ1n) is 7.77. The predicted molar refractivity (Wildman–Crippen MR) is 89.7 cm³/mol. The van der Waals surface area contributed by atoms with E-state index in [0.717, 1.165) is 37.2 Å². The second kappa shape index (κ2) is 9.53. The van der Waals surface area contributed by atoms with Crippen molar-refractivity contribution in [3.63, 3.8) is 0 Å². The Hall–Kier alpha value is -1.39. The number of unbranched alkanes of at least 4 members (excludes halogenated alkanes) is 1. The summed E-state index contributed by atoms with van der Waals surface area (Å²) in [4.78, 5) is 14.2. The van der Waals surface area contributed by atoms with E-state index < -0.39 is 0 Å². The fourth-order valence-corrected chi connectivity index (χ4v) is 1.98. The zero-order valence-corrected chi connectivity index (χ0v) is 13.8. The Bertz CT molecular complexity index is 432. The SMILES string of the molecule is Cc1ccccc1NC(=O)CNCCCCN(C)C(C)C. The Morgan fingerprint density at radius 2 is 1.95 bits per heavy atom. The number of carbonyl (C=O) groups is 1. The molecule has 0 saturated carbocycles. The summed E-state index contributed by atoms with van der Waals surface area (Å²) in [5, 5.41) is 6.12. The number of anilines is 1. The van der Waals surface area contributed by atoms with Crippen LogP contribution in [0.15, 0.2) is 24.3 Å².